The van der Waals surface area contributed by atoms with E-state index in [9.17, 15) is 0 Å². The molecule has 0 fully saturated rings. The van der Waals surface area contributed by atoms with Gasteiger partial charge in [-0.2, -0.15) is 5.10 Å². The van der Waals surface area contributed by atoms with Gasteiger partial charge in [-0.05, 0) is 52.4 Å². The Bertz CT molecular complexity index is 534. The van der Waals surface area contributed by atoms with Crippen LogP contribution in [0.2, 0.25) is 0 Å². The first-order valence-corrected chi connectivity index (χ1v) is 7.64. The highest BCUT2D eigenvalue weighted by molar-refractivity contribution is 7.12. The molecule has 0 radical (unpaired) electrons. The molecule has 0 amide bonds. The van der Waals surface area contributed by atoms with Crippen LogP contribution in [0.3, 0.4) is 0 Å². The lowest BCUT2D eigenvalue weighted by molar-refractivity contribution is 0.546. The maximum atomic E-state index is 4.53. The summed E-state index contributed by atoms with van der Waals surface area (Å²) in [5, 5.41) is 7.96. The van der Waals surface area contributed by atoms with Crippen LogP contribution >= 0.6 is 11.3 Å². The van der Waals surface area contributed by atoms with E-state index >= 15 is 0 Å². The summed E-state index contributed by atoms with van der Waals surface area (Å²) in [7, 11) is 2.04. The minimum atomic E-state index is 0.374. The summed E-state index contributed by atoms with van der Waals surface area (Å²) in [5.41, 5.74) is 3.80. The summed E-state index contributed by atoms with van der Waals surface area (Å²) in [4.78, 5) is 2.83. The molecule has 0 aliphatic carbocycles. The standard InChI is InChI=1S/C15H23N3S/c1-6-18-13(8-11(3)17-18)9-14(16-5)15-7-10(2)12(4)19-15/h7-8,14,16H,6,9H2,1-5H3. The second kappa shape index (κ2) is 5.88. The molecule has 2 heterocycles. The topological polar surface area (TPSA) is 29.9 Å². The van der Waals surface area contributed by atoms with Crippen molar-refractivity contribution in [3.8, 4) is 0 Å². The first-order valence-electron chi connectivity index (χ1n) is 6.82. The first kappa shape index (κ1) is 14.3. The van der Waals surface area contributed by atoms with Gasteiger partial charge in [0.1, 0.15) is 0 Å². The number of nitrogens with zero attached hydrogens (tertiary/aromatic N) is 2. The van der Waals surface area contributed by atoms with Crippen molar-refractivity contribution in [2.45, 2.75) is 46.7 Å². The molecule has 2 aromatic heterocycles. The van der Waals surface area contributed by atoms with E-state index < -0.39 is 0 Å². The monoisotopic (exact) mass is 277 g/mol. The molecule has 19 heavy (non-hydrogen) atoms. The van der Waals surface area contributed by atoms with Crippen LogP contribution < -0.4 is 5.32 Å². The third-order valence-corrected chi connectivity index (χ3v) is 4.84. The number of aryl methyl sites for hydroxylation is 4. The van der Waals surface area contributed by atoms with Crippen molar-refractivity contribution >= 4 is 11.3 Å². The van der Waals surface area contributed by atoms with Gasteiger partial charge in [0.2, 0.25) is 0 Å². The SMILES string of the molecule is CCn1nc(C)cc1CC(NC)c1cc(C)c(C)s1. The molecule has 0 spiro atoms. The van der Waals surface area contributed by atoms with Gasteiger partial charge in [0.15, 0.2) is 0 Å². The summed E-state index contributed by atoms with van der Waals surface area (Å²) in [6.45, 7) is 9.51. The molecular weight excluding hydrogens is 254 g/mol. The Morgan fingerprint density at radius 1 is 1.32 bits per heavy atom. The Hall–Kier alpha value is -1.13. The molecular formula is C15H23N3S. The number of rotatable bonds is 5. The summed E-state index contributed by atoms with van der Waals surface area (Å²) in [6, 6.07) is 4.88. The van der Waals surface area contributed by atoms with Gasteiger partial charge in [-0.3, -0.25) is 4.68 Å². The summed E-state index contributed by atoms with van der Waals surface area (Å²) in [5.74, 6) is 0. The molecule has 0 aliphatic heterocycles. The van der Waals surface area contributed by atoms with E-state index in [1.165, 1.54) is 21.0 Å². The van der Waals surface area contributed by atoms with Crippen molar-refractivity contribution in [1.29, 1.82) is 0 Å². The number of thiophene rings is 1. The molecule has 4 heteroatoms. The molecule has 1 N–H and O–H groups in total. The summed E-state index contributed by atoms with van der Waals surface area (Å²) < 4.78 is 2.10. The Balaban J connectivity index is 2.23. The van der Waals surface area contributed by atoms with Crippen LogP contribution in [0.4, 0.5) is 0 Å². The third kappa shape index (κ3) is 3.07. The quantitative estimate of drug-likeness (QED) is 0.908. The second-order valence-corrected chi connectivity index (χ2v) is 6.31. The lowest BCUT2D eigenvalue weighted by Crippen LogP contribution is -2.19. The van der Waals surface area contributed by atoms with E-state index in [1.807, 2.05) is 18.4 Å². The van der Waals surface area contributed by atoms with Gasteiger partial charge in [-0.1, -0.05) is 0 Å². The normalized spacial score (nSPS) is 12.9. The van der Waals surface area contributed by atoms with Crippen molar-refractivity contribution in [2.24, 2.45) is 0 Å². The zero-order chi connectivity index (χ0) is 14.0. The lowest BCUT2D eigenvalue weighted by atomic mass is 10.1. The predicted octanol–water partition coefficient (Wildman–Crippen LogP) is 3.39. The third-order valence-electron chi connectivity index (χ3n) is 3.58. The molecule has 0 aliphatic rings. The van der Waals surface area contributed by atoms with E-state index in [0.717, 1.165) is 18.7 Å². The number of hydrogen-bond donors (Lipinski definition) is 1. The van der Waals surface area contributed by atoms with Gasteiger partial charge in [-0.15, -0.1) is 11.3 Å². The van der Waals surface area contributed by atoms with Crippen LogP contribution in [-0.2, 0) is 13.0 Å². The molecule has 2 aromatic rings. The average Bonchev–Trinajstić information content (AvgIpc) is 2.90. The maximum Gasteiger partial charge on any atom is 0.0596 e. The van der Waals surface area contributed by atoms with Gasteiger partial charge >= 0.3 is 0 Å². The highest BCUT2D eigenvalue weighted by Crippen LogP contribution is 2.28. The molecule has 104 valence electrons. The maximum absolute atomic E-state index is 4.53. The fourth-order valence-electron chi connectivity index (χ4n) is 2.36. The fourth-order valence-corrected chi connectivity index (χ4v) is 3.52. The van der Waals surface area contributed by atoms with Crippen LogP contribution in [0.1, 0.15) is 39.7 Å². The van der Waals surface area contributed by atoms with E-state index in [2.05, 4.69) is 54.9 Å². The molecule has 0 bridgehead atoms. The molecule has 3 nitrogen and oxygen atoms in total. The summed E-state index contributed by atoms with van der Waals surface area (Å²) in [6.07, 6.45) is 0.991. The number of aromatic nitrogens is 2. The van der Waals surface area contributed by atoms with E-state index in [0.29, 0.717) is 6.04 Å². The number of likely N-dealkylation sites (N-methyl/N-ethyl adjacent to an activating group) is 1. The van der Waals surface area contributed by atoms with Crippen LogP contribution in [0.25, 0.3) is 0 Å². The average molecular weight is 277 g/mol. The van der Waals surface area contributed by atoms with Crippen molar-refractivity contribution in [3.63, 3.8) is 0 Å². The number of hydrogen-bond acceptors (Lipinski definition) is 3. The first-order chi connectivity index (χ1) is 9.05. The Labute approximate surface area is 119 Å². The largest absolute Gasteiger partial charge is 0.312 e. The molecule has 1 unspecified atom stereocenters. The van der Waals surface area contributed by atoms with Crippen molar-refractivity contribution in [1.82, 2.24) is 15.1 Å². The van der Waals surface area contributed by atoms with Gasteiger partial charge in [0.25, 0.3) is 0 Å². The fraction of sp³-hybridized carbons (Fsp3) is 0.533. The molecule has 0 saturated carbocycles. The minimum absolute atomic E-state index is 0.374. The van der Waals surface area contributed by atoms with E-state index in [1.54, 1.807) is 0 Å². The zero-order valence-electron chi connectivity index (χ0n) is 12.4. The lowest BCUT2D eigenvalue weighted by Gasteiger charge is -2.15. The summed E-state index contributed by atoms with van der Waals surface area (Å²) >= 11 is 1.89. The van der Waals surface area contributed by atoms with Gasteiger partial charge in [0, 0.05) is 34.5 Å². The molecule has 0 aromatic carbocycles. The van der Waals surface area contributed by atoms with Crippen molar-refractivity contribution < 1.29 is 0 Å². The zero-order valence-corrected chi connectivity index (χ0v) is 13.3. The van der Waals surface area contributed by atoms with Crippen LogP contribution in [0.5, 0.6) is 0 Å². The Morgan fingerprint density at radius 2 is 2.05 bits per heavy atom. The van der Waals surface area contributed by atoms with Gasteiger partial charge < -0.3 is 5.32 Å². The van der Waals surface area contributed by atoms with E-state index in [4.69, 9.17) is 0 Å². The highest BCUT2D eigenvalue weighted by Gasteiger charge is 2.16. The smallest absolute Gasteiger partial charge is 0.0596 e. The van der Waals surface area contributed by atoms with Gasteiger partial charge in [-0.25, -0.2) is 0 Å². The molecule has 2 rings (SSSR count). The van der Waals surface area contributed by atoms with Gasteiger partial charge in [0.05, 0.1) is 5.69 Å². The highest BCUT2D eigenvalue weighted by atomic mass is 32.1. The Morgan fingerprint density at radius 3 is 2.58 bits per heavy atom. The van der Waals surface area contributed by atoms with E-state index in [-0.39, 0.29) is 0 Å². The second-order valence-electron chi connectivity index (χ2n) is 5.03. The van der Waals surface area contributed by atoms with Crippen molar-refractivity contribution in [2.75, 3.05) is 7.05 Å². The van der Waals surface area contributed by atoms with Crippen LogP contribution in [0, 0.1) is 20.8 Å². The van der Waals surface area contributed by atoms with Crippen LogP contribution in [0.15, 0.2) is 12.1 Å². The predicted molar refractivity (Wildman–Crippen MR) is 81.9 cm³/mol. The minimum Gasteiger partial charge on any atom is -0.312 e. The van der Waals surface area contributed by atoms with Crippen LogP contribution in [-0.4, -0.2) is 16.8 Å². The number of nitrogens with one attached hydrogen (secondary N) is 1. The van der Waals surface area contributed by atoms with Crippen molar-refractivity contribution in [3.05, 3.63) is 38.8 Å². The molecule has 0 saturated heterocycles. The molecule has 1 atom stereocenters. The Kier molecular flexibility index (Phi) is 4.42.